The molecule has 0 aliphatic heterocycles. The molecule has 0 saturated heterocycles. The second-order valence-corrected chi connectivity index (χ2v) is 26.4. The average Bonchev–Trinajstić information content (AvgIpc) is 3.37. The van der Waals surface area contributed by atoms with Crippen molar-refractivity contribution in [3.05, 3.63) is 0 Å². The van der Waals surface area contributed by atoms with E-state index in [2.05, 4.69) is 19.2 Å². The highest BCUT2D eigenvalue weighted by Gasteiger charge is 2.28. The zero-order valence-corrected chi connectivity index (χ0v) is 52.5. The molecule has 9 heteroatoms. The number of carbonyl (C=O) groups excluding carboxylic acids is 1. The molecule has 8 nitrogen and oxygen atoms in total. The Labute approximate surface area is 470 Å². The first-order chi connectivity index (χ1) is 36.5. The van der Waals surface area contributed by atoms with E-state index in [1.54, 1.807) is 0 Å². The second-order valence-electron chi connectivity index (χ2n) is 24.9. The maximum Gasteiger partial charge on any atom is 0.472 e. The fourth-order valence-electron chi connectivity index (χ4n) is 10.8. The van der Waals surface area contributed by atoms with Gasteiger partial charge in [-0.25, -0.2) is 4.57 Å². The Kier molecular flexibility index (Phi) is 57.8. The number of unbranched alkanes of at least 4 members (excludes halogenated alkanes) is 51. The fourth-order valence-corrected chi connectivity index (χ4v) is 11.6. The molecule has 0 aliphatic rings. The van der Waals surface area contributed by atoms with E-state index in [0.29, 0.717) is 23.9 Å². The van der Waals surface area contributed by atoms with Crippen molar-refractivity contribution in [1.82, 2.24) is 5.32 Å². The molecular weight excluding hydrogens is 948 g/mol. The Morgan fingerprint density at radius 3 is 0.893 bits per heavy atom. The Morgan fingerprint density at radius 2 is 0.640 bits per heavy atom. The number of phosphoric ester groups is 1. The predicted octanol–water partition coefficient (Wildman–Crippen LogP) is 21.2. The van der Waals surface area contributed by atoms with E-state index in [4.69, 9.17) is 9.05 Å². The van der Waals surface area contributed by atoms with Gasteiger partial charge < -0.3 is 19.8 Å². The van der Waals surface area contributed by atoms with Gasteiger partial charge in [0.05, 0.1) is 39.9 Å². The Hall–Kier alpha value is -0.500. The van der Waals surface area contributed by atoms with Gasteiger partial charge in [-0.15, -0.1) is 0 Å². The quantitative estimate of drug-likeness (QED) is 0.0318. The molecule has 1 amide bonds. The molecule has 0 rings (SSSR count). The van der Waals surface area contributed by atoms with E-state index in [-0.39, 0.29) is 19.1 Å². The van der Waals surface area contributed by atoms with Crippen LogP contribution < -0.4 is 5.32 Å². The first-order valence-electron chi connectivity index (χ1n) is 33.9. The van der Waals surface area contributed by atoms with Crippen molar-refractivity contribution in [2.24, 2.45) is 0 Å². The van der Waals surface area contributed by atoms with Crippen molar-refractivity contribution in [1.29, 1.82) is 0 Å². The lowest BCUT2D eigenvalue weighted by atomic mass is 10.0. The largest absolute Gasteiger partial charge is 0.472 e. The molecule has 0 spiro atoms. The van der Waals surface area contributed by atoms with Crippen LogP contribution in [0, 0.1) is 0 Å². The van der Waals surface area contributed by atoms with Gasteiger partial charge in [0.1, 0.15) is 13.2 Å². The number of likely N-dealkylation sites (N-methyl/N-ethyl adjacent to an activating group) is 1. The molecule has 0 aromatic rings. The van der Waals surface area contributed by atoms with Crippen molar-refractivity contribution >= 4 is 13.7 Å². The van der Waals surface area contributed by atoms with E-state index in [1.807, 2.05) is 21.1 Å². The van der Waals surface area contributed by atoms with Gasteiger partial charge in [0.15, 0.2) is 0 Å². The molecule has 0 heterocycles. The summed E-state index contributed by atoms with van der Waals surface area (Å²) >= 11 is 0. The van der Waals surface area contributed by atoms with Crippen LogP contribution in [-0.2, 0) is 18.4 Å². The van der Waals surface area contributed by atoms with Crippen molar-refractivity contribution in [2.45, 2.75) is 379 Å². The lowest BCUT2D eigenvalue weighted by molar-refractivity contribution is -0.870. The standard InChI is InChI=1S/C66H135N2O6P/c1-6-8-10-12-14-16-18-20-22-24-26-28-29-30-31-32-33-34-35-36-37-38-39-40-42-44-46-48-50-52-54-56-58-60-66(70)67-64(63-74-75(71,72)73-62-61-68(3,4)5)65(69)59-57-55-53-51-49-47-45-43-41-27-25-23-21-19-17-15-13-11-9-7-2/h64-65,69H,6-63H2,1-5H3,(H-,67,70,71,72)/p+1. The molecule has 0 saturated carbocycles. The first kappa shape index (κ1) is 74.5. The van der Waals surface area contributed by atoms with Crippen LogP contribution in [0.2, 0.25) is 0 Å². The van der Waals surface area contributed by atoms with Crippen LogP contribution in [0.25, 0.3) is 0 Å². The monoisotopic (exact) mass is 1080 g/mol. The Morgan fingerprint density at radius 1 is 0.400 bits per heavy atom. The number of quaternary nitrogens is 1. The molecule has 0 aromatic carbocycles. The van der Waals surface area contributed by atoms with Crippen LogP contribution in [0.4, 0.5) is 0 Å². The average molecular weight is 1080 g/mol. The summed E-state index contributed by atoms with van der Waals surface area (Å²) in [5.74, 6) is -0.134. The summed E-state index contributed by atoms with van der Waals surface area (Å²) < 4.78 is 23.9. The molecule has 0 radical (unpaired) electrons. The molecule has 75 heavy (non-hydrogen) atoms. The smallest absolute Gasteiger partial charge is 0.391 e. The minimum Gasteiger partial charge on any atom is -0.391 e. The lowest BCUT2D eigenvalue weighted by Crippen LogP contribution is -2.46. The third-order valence-corrected chi connectivity index (χ3v) is 17.1. The lowest BCUT2D eigenvalue weighted by Gasteiger charge is -2.26. The Bertz CT molecular complexity index is 1180. The number of aliphatic hydroxyl groups excluding tert-OH is 1. The van der Waals surface area contributed by atoms with Crippen molar-refractivity contribution < 1.29 is 32.9 Å². The normalized spacial score (nSPS) is 13.6. The number of rotatable bonds is 64. The van der Waals surface area contributed by atoms with E-state index in [1.165, 1.54) is 302 Å². The van der Waals surface area contributed by atoms with Crippen molar-refractivity contribution in [3.63, 3.8) is 0 Å². The van der Waals surface area contributed by atoms with E-state index in [0.717, 1.165) is 38.5 Å². The van der Waals surface area contributed by atoms with Gasteiger partial charge in [-0.05, 0) is 12.8 Å². The number of nitrogens with one attached hydrogen (secondary N) is 1. The number of aliphatic hydroxyl groups is 1. The van der Waals surface area contributed by atoms with Crippen molar-refractivity contribution in [3.8, 4) is 0 Å². The Balaban J connectivity index is 3.95. The molecule has 3 atom stereocenters. The summed E-state index contributed by atoms with van der Waals surface area (Å²) in [7, 11) is 1.64. The number of hydrogen-bond acceptors (Lipinski definition) is 5. The summed E-state index contributed by atoms with van der Waals surface area (Å²) in [6, 6.07) is -0.756. The summed E-state index contributed by atoms with van der Waals surface area (Å²) in [5, 5.41) is 14.1. The van der Waals surface area contributed by atoms with Gasteiger partial charge in [-0.1, -0.05) is 348 Å². The third kappa shape index (κ3) is 61.0. The highest BCUT2D eigenvalue weighted by Crippen LogP contribution is 2.43. The molecule has 0 aliphatic carbocycles. The summed E-state index contributed by atoms with van der Waals surface area (Å²) in [6.07, 6.45) is 72.0. The van der Waals surface area contributed by atoms with Crippen LogP contribution in [0.1, 0.15) is 367 Å². The summed E-state index contributed by atoms with van der Waals surface area (Å²) in [5.41, 5.74) is 0. The zero-order chi connectivity index (χ0) is 54.9. The second kappa shape index (κ2) is 58.2. The van der Waals surface area contributed by atoms with Gasteiger partial charge in [-0.2, -0.15) is 0 Å². The number of nitrogens with zero attached hydrogens (tertiary/aromatic N) is 1. The highest BCUT2D eigenvalue weighted by molar-refractivity contribution is 7.47. The van der Waals surface area contributed by atoms with Crippen molar-refractivity contribution in [2.75, 3.05) is 40.9 Å². The van der Waals surface area contributed by atoms with Crippen LogP contribution in [0.3, 0.4) is 0 Å². The summed E-state index contributed by atoms with van der Waals surface area (Å²) in [4.78, 5) is 23.4. The zero-order valence-electron chi connectivity index (χ0n) is 51.6. The van der Waals surface area contributed by atoms with Crippen LogP contribution in [0.15, 0.2) is 0 Å². The van der Waals surface area contributed by atoms with Gasteiger partial charge in [-0.3, -0.25) is 13.8 Å². The van der Waals surface area contributed by atoms with Gasteiger partial charge in [0, 0.05) is 6.42 Å². The first-order valence-corrected chi connectivity index (χ1v) is 35.4. The number of carbonyl (C=O) groups is 1. The van der Waals surface area contributed by atoms with Gasteiger partial charge >= 0.3 is 7.82 Å². The molecule has 450 valence electrons. The van der Waals surface area contributed by atoms with Crippen LogP contribution >= 0.6 is 7.82 Å². The topological polar surface area (TPSA) is 105 Å². The van der Waals surface area contributed by atoms with Gasteiger partial charge in [0.2, 0.25) is 5.91 Å². The highest BCUT2D eigenvalue weighted by atomic mass is 31.2. The SMILES string of the molecule is CCCCCCCCCCCCCCCCCCCCCCCCCCCCCCCCCCCC(=O)NC(COP(=O)(O)OCC[N+](C)(C)C)C(O)CCCCCCCCCCCCCCCCCCCCCC. The van der Waals surface area contributed by atoms with Crippen LogP contribution in [0.5, 0.6) is 0 Å². The molecule has 3 N–H and O–H groups in total. The third-order valence-electron chi connectivity index (χ3n) is 16.1. The predicted molar refractivity (Wildman–Crippen MR) is 328 cm³/mol. The molecule has 0 bridgehead atoms. The van der Waals surface area contributed by atoms with E-state index >= 15 is 0 Å². The molecule has 0 aromatic heterocycles. The minimum absolute atomic E-state index is 0.0794. The summed E-state index contributed by atoms with van der Waals surface area (Å²) in [6.45, 7) is 4.96. The van der Waals surface area contributed by atoms with E-state index in [9.17, 15) is 19.4 Å². The van der Waals surface area contributed by atoms with Gasteiger partial charge in [0.25, 0.3) is 0 Å². The molecule has 0 fully saturated rings. The maximum absolute atomic E-state index is 13.1. The van der Waals surface area contributed by atoms with Crippen LogP contribution in [-0.4, -0.2) is 73.4 Å². The van der Waals surface area contributed by atoms with E-state index < -0.39 is 20.0 Å². The maximum atomic E-state index is 13.1. The number of amides is 1. The molecular formula is C66H136N2O6P+. The minimum atomic E-state index is -4.32. The molecule has 3 unspecified atom stereocenters. The number of hydrogen-bond donors (Lipinski definition) is 3. The number of phosphoric acid groups is 1. The fraction of sp³-hybridized carbons (Fsp3) is 0.985.